The van der Waals surface area contributed by atoms with Crippen LogP contribution in [-0.2, 0) is 43.1 Å². The third kappa shape index (κ3) is 12.7. The molecule has 0 saturated carbocycles. The molecule has 0 aromatic carbocycles. The molecule has 19 heteroatoms. The highest BCUT2D eigenvalue weighted by molar-refractivity contribution is 6.06. The molecule has 0 unspecified atom stereocenters. The second kappa shape index (κ2) is 16.7. The monoisotopic (exact) mass is 686 g/mol. The Morgan fingerprint density at radius 1 is 0.396 bits per heavy atom. The lowest BCUT2D eigenvalue weighted by Gasteiger charge is -2.26. The van der Waals surface area contributed by atoms with E-state index in [0.29, 0.717) is 0 Å². The maximum absolute atomic E-state index is 12.7. The van der Waals surface area contributed by atoms with Gasteiger partial charge in [-0.1, -0.05) is 0 Å². The van der Waals surface area contributed by atoms with E-state index in [0.717, 1.165) is 0 Å². The van der Waals surface area contributed by atoms with Crippen molar-refractivity contribution in [3.63, 3.8) is 0 Å². The molecular formula is C29H50N8O11. The summed E-state index contributed by atoms with van der Waals surface area (Å²) in [6.07, 6.45) is -0.766. The lowest BCUT2D eigenvalue weighted by molar-refractivity contribution is -0.153. The van der Waals surface area contributed by atoms with Gasteiger partial charge in [-0.2, -0.15) is 0 Å². The zero-order valence-corrected chi connectivity index (χ0v) is 29.4. The van der Waals surface area contributed by atoms with Gasteiger partial charge in [0.05, 0.1) is 26.7 Å². The molecule has 8 amide bonds. The fourth-order valence-corrected chi connectivity index (χ4v) is 3.08. The van der Waals surface area contributed by atoms with Crippen LogP contribution in [0.2, 0.25) is 0 Å². The Bertz CT molecular complexity index is 1280. The molecule has 19 nitrogen and oxygen atoms in total. The number of hydrogen-bond acceptors (Lipinski definition) is 10. The molecule has 48 heavy (non-hydrogen) atoms. The second-order valence-electron chi connectivity index (χ2n) is 13.7. The topological polar surface area (TPSA) is 279 Å². The fraction of sp³-hybridized carbons (Fsp3) is 0.690. The molecule has 0 bridgehead atoms. The maximum Gasteiger partial charge on any atom is 0.409 e. The van der Waals surface area contributed by atoms with Crippen molar-refractivity contribution in [3.8, 4) is 0 Å². The standard InChI is InChI=1S/C29H50N8O11/c1-25(2,3)48-24(47)37-15-36-21(43)28(8,9)20(42)33-13-32-17(39)26(4,5)16(38)30-12-31-18(40)27(6,7)19(41)34-14-35-22(44)29(10,11)23(45)46/h12-15H2,1-11H3,(H,30,38)(H,31,40)(H,32,39)(H,33,42)(H,34,41)(H,35,44)(H,36,43)(H,37,47)(H,45,46). The summed E-state index contributed by atoms with van der Waals surface area (Å²) in [5.74, 6) is -6.94. The second-order valence-corrected chi connectivity index (χ2v) is 13.7. The molecule has 0 saturated heterocycles. The van der Waals surface area contributed by atoms with Crippen LogP contribution in [0.15, 0.2) is 0 Å². The number of carboxylic acids is 1. The number of ether oxygens (including phenoxy) is 1. The lowest BCUT2D eigenvalue weighted by Crippen LogP contribution is -2.55. The van der Waals surface area contributed by atoms with E-state index in [1.54, 1.807) is 20.8 Å². The van der Waals surface area contributed by atoms with E-state index in [1.165, 1.54) is 55.4 Å². The lowest BCUT2D eigenvalue weighted by atomic mass is 9.90. The number of carbonyl (C=O) groups excluding carboxylic acids is 8. The average molecular weight is 687 g/mol. The summed E-state index contributed by atoms with van der Waals surface area (Å²) in [5, 5.41) is 27.8. The molecular weight excluding hydrogens is 636 g/mol. The van der Waals surface area contributed by atoms with E-state index in [2.05, 4.69) is 42.5 Å². The van der Waals surface area contributed by atoms with Gasteiger partial charge in [0.1, 0.15) is 27.3 Å². The highest BCUT2D eigenvalue weighted by Crippen LogP contribution is 2.18. The molecule has 0 heterocycles. The first kappa shape index (κ1) is 43.0. The van der Waals surface area contributed by atoms with Crippen LogP contribution in [0, 0.1) is 21.7 Å². The van der Waals surface area contributed by atoms with Crippen molar-refractivity contribution in [2.45, 2.75) is 81.8 Å². The van der Waals surface area contributed by atoms with Crippen LogP contribution in [-0.4, -0.2) is 90.8 Å². The van der Waals surface area contributed by atoms with Crippen LogP contribution in [0.4, 0.5) is 4.79 Å². The zero-order valence-electron chi connectivity index (χ0n) is 29.4. The number of hydrogen-bond donors (Lipinski definition) is 9. The summed E-state index contributed by atoms with van der Waals surface area (Å²) in [7, 11) is 0. The Morgan fingerprint density at radius 2 is 0.604 bits per heavy atom. The number of amides is 8. The highest BCUT2D eigenvalue weighted by atomic mass is 16.6. The van der Waals surface area contributed by atoms with Crippen LogP contribution >= 0.6 is 0 Å². The van der Waals surface area contributed by atoms with E-state index < -0.39 is 101 Å². The number of alkyl carbamates (subject to hydrolysis) is 1. The molecule has 0 fully saturated rings. The number of rotatable bonds is 16. The van der Waals surface area contributed by atoms with E-state index in [9.17, 15) is 43.2 Å². The summed E-state index contributed by atoms with van der Waals surface area (Å²) in [6.45, 7) is 13.5. The molecule has 272 valence electrons. The number of nitrogens with one attached hydrogen (secondary N) is 8. The minimum Gasteiger partial charge on any atom is -0.480 e. The van der Waals surface area contributed by atoms with Crippen molar-refractivity contribution in [3.05, 3.63) is 0 Å². The van der Waals surface area contributed by atoms with E-state index >= 15 is 0 Å². The molecule has 0 spiro atoms. The fourth-order valence-electron chi connectivity index (χ4n) is 3.08. The molecule has 0 aliphatic carbocycles. The Kier molecular flexibility index (Phi) is 15.0. The van der Waals surface area contributed by atoms with Gasteiger partial charge in [-0.3, -0.25) is 38.4 Å². The van der Waals surface area contributed by atoms with Crippen molar-refractivity contribution >= 4 is 53.4 Å². The van der Waals surface area contributed by atoms with Crippen molar-refractivity contribution in [2.75, 3.05) is 26.7 Å². The summed E-state index contributed by atoms with van der Waals surface area (Å²) < 4.78 is 5.05. The van der Waals surface area contributed by atoms with Gasteiger partial charge in [0, 0.05) is 0 Å². The van der Waals surface area contributed by atoms with E-state index in [1.807, 2.05) is 0 Å². The molecule has 0 aromatic rings. The SMILES string of the molecule is CC(C)(C)OC(=O)NCNC(=O)C(C)(C)C(=O)NCNC(=O)C(C)(C)C(=O)NCNC(=O)C(C)(C)C(=O)NCNC(=O)C(C)(C)C(=O)O. The smallest absolute Gasteiger partial charge is 0.409 e. The Morgan fingerprint density at radius 3 is 0.812 bits per heavy atom. The first-order valence-electron chi connectivity index (χ1n) is 14.8. The van der Waals surface area contributed by atoms with Gasteiger partial charge < -0.3 is 52.4 Å². The molecule has 0 aromatic heterocycles. The predicted octanol–water partition coefficient (Wildman–Crippen LogP) is -1.66. The van der Waals surface area contributed by atoms with Gasteiger partial charge >= 0.3 is 12.1 Å². The van der Waals surface area contributed by atoms with Crippen molar-refractivity contribution in [1.82, 2.24) is 42.5 Å². The van der Waals surface area contributed by atoms with Gasteiger partial charge in [0.2, 0.25) is 41.4 Å². The number of aliphatic carboxylic acids is 1. The zero-order chi connectivity index (χ0) is 37.9. The van der Waals surface area contributed by atoms with Gasteiger partial charge in [0.25, 0.3) is 0 Å². The van der Waals surface area contributed by atoms with Crippen LogP contribution in [0.1, 0.15) is 76.2 Å². The molecule has 0 aliphatic heterocycles. The summed E-state index contributed by atoms with van der Waals surface area (Å²) >= 11 is 0. The van der Waals surface area contributed by atoms with Crippen molar-refractivity contribution < 1.29 is 53.0 Å². The summed E-state index contributed by atoms with van der Waals surface area (Å²) in [5.41, 5.74) is -7.46. The number of carbonyl (C=O) groups is 9. The molecule has 0 rings (SSSR count). The first-order valence-corrected chi connectivity index (χ1v) is 14.8. The van der Waals surface area contributed by atoms with Crippen molar-refractivity contribution in [2.24, 2.45) is 21.7 Å². The minimum atomic E-state index is -1.74. The van der Waals surface area contributed by atoms with E-state index in [-0.39, 0.29) is 6.67 Å². The van der Waals surface area contributed by atoms with Crippen molar-refractivity contribution in [1.29, 1.82) is 0 Å². The third-order valence-electron chi connectivity index (χ3n) is 6.88. The van der Waals surface area contributed by atoms with Gasteiger partial charge in [0.15, 0.2) is 0 Å². The summed E-state index contributed by atoms with van der Waals surface area (Å²) in [4.78, 5) is 111. The van der Waals surface area contributed by atoms with E-state index in [4.69, 9.17) is 9.84 Å². The Labute approximate surface area is 279 Å². The Balaban J connectivity index is 4.80. The Hall–Kier alpha value is -4.97. The average Bonchev–Trinajstić information content (AvgIpc) is 2.95. The minimum absolute atomic E-state index is 0.302. The normalized spacial score (nSPS) is 12.0. The first-order chi connectivity index (χ1) is 21.6. The van der Waals surface area contributed by atoms with Gasteiger partial charge in [-0.25, -0.2) is 4.79 Å². The molecule has 0 radical (unpaired) electrons. The van der Waals surface area contributed by atoms with Crippen LogP contribution in [0.5, 0.6) is 0 Å². The maximum atomic E-state index is 12.7. The largest absolute Gasteiger partial charge is 0.480 e. The summed E-state index contributed by atoms with van der Waals surface area (Å²) in [6, 6.07) is 0. The quantitative estimate of drug-likeness (QED) is 0.0655. The molecule has 0 aliphatic rings. The van der Waals surface area contributed by atoms with Crippen LogP contribution < -0.4 is 42.5 Å². The third-order valence-corrected chi connectivity index (χ3v) is 6.88. The van der Waals surface area contributed by atoms with Gasteiger partial charge in [-0.15, -0.1) is 0 Å². The van der Waals surface area contributed by atoms with Crippen LogP contribution in [0.3, 0.4) is 0 Å². The number of carboxylic acid groups (broad SMARTS) is 1. The highest BCUT2D eigenvalue weighted by Gasteiger charge is 2.40. The van der Waals surface area contributed by atoms with Gasteiger partial charge in [-0.05, 0) is 76.2 Å². The molecule has 0 atom stereocenters. The molecule has 9 N–H and O–H groups in total. The van der Waals surface area contributed by atoms with Crippen LogP contribution in [0.25, 0.3) is 0 Å². The predicted molar refractivity (Wildman–Crippen MR) is 169 cm³/mol.